The topological polar surface area (TPSA) is 61.6 Å². The number of nitrogens with one attached hydrogen (secondary N) is 1. The second-order valence-electron chi connectivity index (χ2n) is 7.75. The molecule has 1 aromatic carbocycles. The Morgan fingerprint density at radius 1 is 1.19 bits per heavy atom. The highest BCUT2D eigenvalue weighted by Gasteiger charge is 2.24. The van der Waals surface area contributed by atoms with Crippen molar-refractivity contribution in [1.29, 1.82) is 0 Å². The van der Waals surface area contributed by atoms with E-state index in [4.69, 9.17) is 17.3 Å². The first-order chi connectivity index (χ1) is 12.5. The molecule has 1 aromatic rings. The van der Waals surface area contributed by atoms with Crippen LogP contribution >= 0.6 is 11.6 Å². The average Bonchev–Trinajstić information content (AvgIpc) is 2.63. The number of benzene rings is 1. The number of primary amides is 1. The van der Waals surface area contributed by atoms with Gasteiger partial charge in [0.2, 0.25) is 0 Å². The molecule has 0 radical (unpaired) electrons. The predicted molar refractivity (Wildman–Crippen MR) is 108 cm³/mol. The van der Waals surface area contributed by atoms with Gasteiger partial charge in [0.05, 0.1) is 10.7 Å². The van der Waals surface area contributed by atoms with Crippen LogP contribution in [0.25, 0.3) is 0 Å². The molecule has 1 aliphatic carbocycles. The number of nitrogens with two attached hydrogens (primary N) is 1. The van der Waals surface area contributed by atoms with Crippen molar-refractivity contribution >= 4 is 23.3 Å². The van der Waals surface area contributed by atoms with Crippen molar-refractivity contribution in [1.82, 2.24) is 10.2 Å². The predicted octanol–water partition coefficient (Wildman–Crippen LogP) is 3.39. The SMILES string of the molecule is Cc1cccc(N2CCN(CC[C@H]3CC[C@H](NC(N)=O)CC3)CC2)c1Cl. The molecule has 1 aliphatic heterocycles. The van der Waals surface area contributed by atoms with Crippen molar-refractivity contribution in [2.45, 2.75) is 45.1 Å². The van der Waals surface area contributed by atoms with Gasteiger partial charge in [-0.1, -0.05) is 23.7 Å². The fourth-order valence-corrected chi connectivity index (χ4v) is 4.50. The third-order valence-corrected chi connectivity index (χ3v) is 6.42. The van der Waals surface area contributed by atoms with Gasteiger partial charge in [0.1, 0.15) is 0 Å². The molecule has 26 heavy (non-hydrogen) atoms. The minimum atomic E-state index is -0.389. The summed E-state index contributed by atoms with van der Waals surface area (Å²) in [7, 11) is 0. The molecule has 0 aromatic heterocycles. The lowest BCUT2D eigenvalue weighted by Crippen LogP contribution is -2.47. The first-order valence-corrected chi connectivity index (χ1v) is 10.2. The van der Waals surface area contributed by atoms with E-state index in [1.54, 1.807) is 0 Å². The lowest BCUT2D eigenvalue weighted by Gasteiger charge is -2.37. The Morgan fingerprint density at radius 3 is 2.54 bits per heavy atom. The molecule has 0 bridgehead atoms. The second-order valence-corrected chi connectivity index (χ2v) is 8.13. The zero-order chi connectivity index (χ0) is 18.5. The van der Waals surface area contributed by atoms with Gasteiger partial charge in [-0.15, -0.1) is 0 Å². The summed E-state index contributed by atoms with van der Waals surface area (Å²) in [6.45, 7) is 7.52. The normalized spacial score (nSPS) is 24.5. The number of hydrogen-bond donors (Lipinski definition) is 2. The smallest absolute Gasteiger partial charge is 0.312 e. The summed E-state index contributed by atoms with van der Waals surface area (Å²) in [4.78, 5) is 15.9. The average molecular weight is 379 g/mol. The maximum absolute atomic E-state index is 10.9. The number of carbonyl (C=O) groups is 1. The summed E-state index contributed by atoms with van der Waals surface area (Å²) < 4.78 is 0. The molecule has 3 N–H and O–H groups in total. The van der Waals surface area contributed by atoms with Gasteiger partial charge in [-0.3, -0.25) is 4.90 Å². The quantitative estimate of drug-likeness (QED) is 0.825. The molecule has 2 amide bonds. The van der Waals surface area contributed by atoms with Gasteiger partial charge in [-0.2, -0.15) is 0 Å². The number of rotatable bonds is 5. The zero-order valence-corrected chi connectivity index (χ0v) is 16.5. The molecule has 6 heteroatoms. The first kappa shape index (κ1) is 19.3. The van der Waals surface area contributed by atoms with Gasteiger partial charge in [0, 0.05) is 32.2 Å². The molecule has 1 saturated heterocycles. The first-order valence-electron chi connectivity index (χ1n) is 9.81. The van der Waals surface area contributed by atoms with Crippen LogP contribution in [-0.2, 0) is 0 Å². The van der Waals surface area contributed by atoms with Gasteiger partial charge in [-0.25, -0.2) is 4.79 Å². The molecule has 144 valence electrons. The summed E-state index contributed by atoms with van der Waals surface area (Å²) in [5.41, 5.74) is 7.54. The number of urea groups is 1. The molecule has 0 unspecified atom stereocenters. The molecule has 0 spiro atoms. The second kappa shape index (κ2) is 8.96. The van der Waals surface area contributed by atoms with E-state index in [1.165, 1.54) is 31.5 Å². The van der Waals surface area contributed by atoms with Crippen LogP contribution in [0.1, 0.15) is 37.7 Å². The van der Waals surface area contributed by atoms with Crippen molar-refractivity contribution in [3.8, 4) is 0 Å². The standard InChI is InChI=1S/C20H31ClN4O/c1-15-3-2-4-18(19(15)21)25-13-11-24(12-14-25)10-9-16-5-7-17(8-6-16)23-20(22)26/h2-4,16-17H,5-14H2,1H3,(H3,22,23,26)/t16-,17-. The lowest BCUT2D eigenvalue weighted by molar-refractivity contribution is 0.207. The van der Waals surface area contributed by atoms with Crippen LogP contribution in [-0.4, -0.2) is 49.7 Å². The Bertz CT molecular complexity index is 608. The Balaban J connectivity index is 1.38. The maximum atomic E-state index is 10.9. The van der Waals surface area contributed by atoms with E-state index < -0.39 is 0 Å². The molecule has 5 nitrogen and oxygen atoms in total. The number of aryl methyl sites for hydroxylation is 1. The van der Waals surface area contributed by atoms with Gasteiger partial charge < -0.3 is 16.0 Å². The molecule has 1 saturated carbocycles. The number of amides is 2. The monoisotopic (exact) mass is 378 g/mol. The van der Waals surface area contributed by atoms with E-state index in [0.29, 0.717) is 0 Å². The molecule has 2 fully saturated rings. The van der Waals surface area contributed by atoms with Crippen LogP contribution in [0.15, 0.2) is 18.2 Å². The molecular weight excluding hydrogens is 348 g/mol. The van der Waals surface area contributed by atoms with E-state index >= 15 is 0 Å². The number of carbonyl (C=O) groups excluding carboxylic acids is 1. The van der Waals surface area contributed by atoms with Crippen LogP contribution in [0.3, 0.4) is 0 Å². The van der Waals surface area contributed by atoms with Crippen molar-refractivity contribution in [2.75, 3.05) is 37.6 Å². The number of nitrogens with zero attached hydrogens (tertiary/aromatic N) is 2. The summed E-state index contributed by atoms with van der Waals surface area (Å²) >= 11 is 6.48. The summed E-state index contributed by atoms with van der Waals surface area (Å²) in [6.07, 6.45) is 5.78. The fraction of sp³-hybridized carbons (Fsp3) is 0.650. The summed E-state index contributed by atoms with van der Waals surface area (Å²) in [5, 5.41) is 3.74. The minimum absolute atomic E-state index is 0.284. The van der Waals surface area contributed by atoms with E-state index in [9.17, 15) is 4.79 Å². The number of anilines is 1. The van der Waals surface area contributed by atoms with Crippen LogP contribution < -0.4 is 16.0 Å². The largest absolute Gasteiger partial charge is 0.368 e. The molecular formula is C20H31ClN4O. The van der Waals surface area contributed by atoms with E-state index in [0.717, 1.165) is 55.5 Å². The maximum Gasteiger partial charge on any atom is 0.312 e. The zero-order valence-electron chi connectivity index (χ0n) is 15.7. The number of hydrogen-bond acceptors (Lipinski definition) is 3. The molecule has 0 atom stereocenters. The van der Waals surface area contributed by atoms with Crippen LogP contribution in [0.5, 0.6) is 0 Å². The van der Waals surface area contributed by atoms with Crippen molar-refractivity contribution in [3.05, 3.63) is 28.8 Å². The van der Waals surface area contributed by atoms with E-state index in [2.05, 4.69) is 40.2 Å². The van der Waals surface area contributed by atoms with Gasteiger partial charge in [0.15, 0.2) is 0 Å². The highest BCUT2D eigenvalue weighted by atomic mass is 35.5. The fourth-order valence-electron chi connectivity index (χ4n) is 4.25. The Kier molecular flexibility index (Phi) is 6.65. The molecule has 2 aliphatic rings. The van der Waals surface area contributed by atoms with Crippen molar-refractivity contribution in [3.63, 3.8) is 0 Å². The van der Waals surface area contributed by atoms with Crippen LogP contribution in [0.4, 0.5) is 10.5 Å². The summed E-state index contributed by atoms with van der Waals surface area (Å²) in [5.74, 6) is 0.783. The van der Waals surface area contributed by atoms with E-state index in [-0.39, 0.29) is 12.1 Å². The minimum Gasteiger partial charge on any atom is -0.368 e. The summed E-state index contributed by atoms with van der Waals surface area (Å²) in [6, 6.07) is 6.18. The van der Waals surface area contributed by atoms with Crippen molar-refractivity contribution in [2.24, 2.45) is 11.7 Å². The third-order valence-electron chi connectivity index (χ3n) is 5.93. The Labute approximate surface area is 161 Å². The van der Waals surface area contributed by atoms with Gasteiger partial charge in [-0.05, 0) is 63.1 Å². The molecule has 3 rings (SSSR count). The highest BCUT2D eigenvalue weighted by Crippen LogP contribution is 2.30. The van der Waals surface area contributed by atoms with Crippen molar-refractivity contribution < 1.29 is 4.79 Å². The highest BCUT2D eigenvalue weighted by molar-refractivity contribution is 6.34. The number of piperazine rings is 1. The Morgan fingerprint density at radius 2 is 1.88 bits per heavy atom. The lowest BCUT2D eigenvalue weighted by atomic mass is 9.84. The Hall–Kier alpha value is -1.46. The van der Waals surface area contributed by atoms with Gasteiger partial charge >= 0.3 is 6.03 Å². The van der Waals surface area contributed by atoms with Crippen LogP contribution in [0.2, 0.25) is 5.02 Å². The van der Waals surface area contributed by atoms with E-state index in [1.807, 2.05) is 0 Å². The molecule has 1 heterocycles. The van der Waals surface area contributed by atoms with Gasteiger partial charge in [0.25, 0.3) is 0 Å². The number of halogens is 1. The van der Waals surface area contributed by atoms with Crippen LogP contribution in [0, 0.1) is 12.8 Å². The third kappa shape index (κ3) is 5.04.